The summed E-state index contributed by atoms with van der Waals surface area (Å²) in [6, 6.07) is 2.85. The van der Waals surface area contributed by atoms with Crippen LogP contribution in [0.3, 0.4) is 0 Å². The summed E-state index contributed by atoms with van der Waals surface area (Å²) in [5.41, 5.74) is -1.32. The van der Waals surface area contributed by atoms with E-state index in [0.29, 0.717) is 12.6 Å². The monoisotopic (exact) mass is 259 g/mol. The fourth-order valence-electron chi connectivity index (χ4n) is 1.39. The third-order valence-electron chi connectivity index (χ3n) is 2.45. The smallest absolute Gasteiger partial charge is 0.327 e. The number of likely N-dealkylation sites (N-methyl/N-ethyl adjacent to an activating group) is 1. The van der Waals surface area contributed by atoms with Gasteiger partial charge in [0.25, 0.3) is 0 Å². The molecule has 0 heterocycles. The first-order valence-electron chi connectivity index (χ1n) is 5.45. The lowest BCUT2D eigenvalue weighted by Gasteiger charge is -2.25. The summed E-state index contributed by atoms with van der Waals surface area (Å²) in [4.78, 5) is 11.1. The summed E-state index contributed by atoms with van der Waals surface area (Å²) in [5.74, 6) is -2.86. The zero-order valence-electron chi connectivity index (χ0n) is 10.2. The van der Waals surface area contributed by atoms with Crippen molar-refractivity contribution in [2.45, 2.75) is 19.4 Å². The van der Waals surface area contributed by atoms with E-state index in [0.717, 1.165) is 12.1 Å². The molecule has 1 aromatic carbocycles. The Bertz CT molecular complexity index is 439. The van der Waals surface area contributed by atoms with Crippen molar-refractivity contribution in [3.8, 4) is 5.75 Å². The molecule has 0 saturated heterocycles. The van der Waals surface area contributed by atoms with Crippen molar-refractivity contribution in [2.24, 2.45) is 0 Å². The molecule has 0 fully saturated rings. The summed E-state index contributed by atoms with van der Waals surface area (Å²) in [6.07, 6.45) is 0. The maximum atomic E-state index is 13.3. The number of ether oxygens (including phenoxy) is 1. The predicted molar refractivity (Wildman–Crippen MR) is 61.6 cm³/mol. The third kappa shape index (κ3) is 3.40. The molecule has 4 nitrogen and oxygen atoms in total. The highest BCUT2D eigenvalue weighted by Crippen LogP contribution is 2.19. The minimum atomic E-state index is -1.32. The maximum Gasteiger partial charge on any atom is 0.327 e. The lowest BCUT2D eigenvalue weighted by Crippen LogP contribution is -2.53. The Morgan fingerprint density at radius 1 is 1.50 bits per heavy atom. The lowest BCUT2D eigenvalue weighted by molar-refractivity contribution is -0.145. The molecule has 1 unspecified atom stereocenters. The number of hydrogen-bond donors (Lipinski definition) is 2. The largest absolute Gasteiger partial charge is 0.488 e. The van der Waals surface area contributed by atoms with Crippen molar-refractivity contribution in [2.75, 3.05) is 13.2 Å². The van der Waals surface area contributed by atoms with Crippen LogP contribution in [0.1, 0.15) is 13.8 Å². The van der Waals surface area contributed by atoms with E-state index in [2.05, 4.69) is 5.32 Å². The number of nitrogens with one attached hydrogen (secondary N) is 1. The van der Waals surface area contributed by atoms with Crippen LogP contribution in [-0.2, 0) is 4.79 Å². The fraction of sp³-hybridized carbons (Fsp3) is 0.417. The van der Waals surface area contributed by atoms with E-state index in [1.54, 1.807) is 6.92 Å². The molecule has 1 aromatic rings. The number of rotatable bonds is 6. The van der Waals surface area contributed by atoms with E-state index in [-0.39, 0.29) is 12.4 Å². The van der Waals surface area contributed by atoms with Crippen molar-refractivity contribution >= 4 is 5.97 Å². The molecule has 100 valence electrons. The minimum absolute atomic E-state index is 0.179. The molecule has 2 N–H and O–H groups in total. The van der Waals surface area contributed by atoms with Gasteiger partial charge in [0.2, 0.25) is 0 Å². The Balaban J connectivity index is 2.76. The summed E-state index contributed by atoms with van der Waals surface area (Å²) in [6.45, 7) is 3.34. The summed E-state index contributed by atoms with van der Waals surface area (Å²) in [5, 5.41) is 11.8. The van der Waals surface area contributed by atoms with Crippen LogP contribution in [0, 0.1) is 11.6 Å². The van der Waals surface area contributed by atoms with Gasteiger partial charge in [0.1, 0.15) is 18.0 Å². The second-order valence-corrected chi connectivity index (χ2v) is 4.03. The molecule has 0 saturated carbocycles. The van der Waals surface area contributed by atoms with E-state index < -0.39 is 23.1 Å². The van der Waals surface area contributed by atoms with Crippen LogP contribution in [0.25, 0.3) is 0 Å². The third-order valence-corrected chi connectivity index (χ3v) is 2.45. The number of benzene rings is 1. The Morgan fingerprint density at radius 3 is 2.67 bits per heavy atom. The summed E-state index contributed by atoms with van der Waals surface area (Å²) in [7, 11) is 0. The minimum Gasteiger partial charge on any atom is -0.488 e. The maximum absolute atomic E-state index is 13.3. The molecule has 0 bridgehead atoms. The molecule has 1 rings (SSSR count). The van der Waals surface area contributed by atoms with Crippen molar-refractivity contribution in [3.63, 3.8) is 0 Å². The molecular weight excluding hydrogens is 244 g/mol. The molecule has 0 spiro atoms. The van der Waals surface area contributed by atoms with Crippen molar-refractivity contribution < 1.29 is 23.4 Å². The van der Waals surface area contributed by atoms with Gasteiger partial charge in [-0.3, -0.25) is 10.1 Å². The topological polar surface area (TPSA) is 58.6 Å². The first-order chi connectivity index (χ1) is 8.39. The van der Waals surface area contributed by atoms with E-state index in [9.17, 15) is 13.6 Å². The normalized spacial score (nSPS) is 14.0. The number of carboxylic acid groups (broad SMARTS) is 1. The molecule has 0 aliphatic carbocycles. The van der Waals surface area contributed by atoms with Gasteiger partial charge < -0.3 is 9.84 Å². The van der Waals surface area contributed by atoms with Crippen molar-refractivity contribution in [1.29, 1.82) is 0 Å². The molecule has 6 heteroatoms. The average molecular weight is 259 g/mol. The molecule has 0 amide bonds. The summed E-state index contributed by atoms with van der Waals surface area (Å²) < 4.78 is 31.0. The number of hydrogen-bond acceptors (Lipinski definition) is 3. The van der Waals surface area contributed by atoms with Gasteiger partial charge in [-0.25, -0.2) is 8.78 Å². The van der Waals surface area contributed by atoms with Crippen LogP contribution >= 0.6 is 0 Å². The predicted octanol–water partition coefficient (Wildman–Crippen LogP) is 1.80. The van der Waals surface area contributed by atoms with Gasteiger partial charge in [-0.1, -0.05) is 6.92 Å². The zero-order chi connectivity index (χ0) is 13.8. The Labute approximate surface area is 104 Å². The lowest BCUT2D eigenvalue weighted by atomic mass is 10.0. The number of carbonyl (C=O) groups is 1. The first-order valence-corrected chi connectivity index (χ1v) is 5.45. The SMILES string of the molecule is CCNC(C)(COc1ccc(F)cc1F)C(=O)O. The molecule has 0 aromatic heterocycles. The van der Waals surface area contributed by atoms with Crippen LogP contribution in [0.4, 0.5) is 8.78 Å². The van der Waals surface area contributed by atoms with Gasteiger partial charge in [0.05, 0.1) is 0 Å². The van der Waals surface area contributed by atoms with Crippen LogP contribution in [-0.4, -0.2) is 29.8 Å². The van der Waals surface area contributed by atoms with Crippen LogP contribution in [0.2, 0.25) is 0 Å². The molecule has 1 atom stereocenters. The quantitative estimate of drug-likeness (QED) is 0.817. The Hall–Kier alpha value is -1.69. The highest BCUT2D eigenvalue weighted by atomic mass is 19.1. The molecule has 0 radical (unpaired) electrons. The number of aliphatic carboxylic acids is 1. The fourth-order valence-corrected chi connectivity index (χ4v) is 1.39. The molecule has 18 heavy (non-hydrogen) atoms. The molecular formula is C12H15F2NO3. The van der Waals surface area contributed by atoms with E-state index in [4.69, 9.17) is 9.84 Å². The van der Waals surface area contributed by atoms with Gasteiger partial charge >= 0.3 is 5.97 Å². The van der Waals surface area contributed by atoms with E-state index in [1.165, 1.54) is 6.92 Å². The van der Waals surface area contributed by atoms with Crippen molar-refractivity contribution in [3.05, 3.63) is 29.8 Å². The second kappa shape index (κ2) is 5.77. The van der Waals surface area contributed by atoms with Gasteiger partial charge in [-0.15, -0.1) is 0 Å². The van der Waals surface area contributed by atoms with Crippen molar-refractivity contribution in [1.82, 2.24) is 5.32 Å². The number of carboxylic acids is 1. The van der Waals surface area contributed by atoms with Gasteiger partial charge in [0.15, 0.2) is 11.6 Å². The summed E-state index contributed by atoms with van der Waals surface area (Å²) >= 11 is 0. The molecule has 0 aliphatic heterocycles. The van der Waals surface area contributed by atoms with E-state index >= 15 is 0 Å². The zero-order valence-corrected chi connectivity index (χ0v) is 10.2. The van der Waals surface area contributed by atoms with E-state index in [1.807, 2.05) is 0 Å². The van der Waals surface area contributed by atoms with Crippen LogP contribution in [0.15, 0.2) is 18.2 Å². The van der Waals surface area contributed by atoms with Crippen LogP contribution < -0.4 is 10.1 Å². The second-order valence-electron chi connectivity index (χ2n) is 4.03. The highest BCUT2D eigenvalue weighted by Gasteiger charge is 2.33. The van der Waals surface area contributed by atoms with Crippen LogP contribution in [0.5, 0.6) is 5.75 Å². The number of halogens is 2. The highest BCUT2D eigenvalue weighted by molar-refractivity contribution is 5.78. The standard InChI is InChI=1S/C12H15F2NO3/c1-3-15-12(2,11(16)17)7-18-10-5-4-8(13)6-9(10)14/h4-6,15H,3,7H2,1-2H3,(H,16,17). The Morgan fingerprint density at radius 2 is 2.17 bits per heavy atom. The molecule has 0 aliphatic rings. The van der Waals surface area contributed by atoms with Gasteiger partial charge in [0, 0.05) is 6.07 Å². The first kappa shape index (κ1) is 14.4. The Kier molecular flexibility index (Phi) is 4.61. The van der Waals surface area contributed by atoms with Gasteiger partial charge in [-0.2, -0.15) is 0 Å². The average Bonchev–Trinajstić information content (AvgIpc) is 2.28. The van der Waals surface area contributed by atoms with Gasteiger partial charge in [-0.05, 0) is 25.6 Å².